The van der Waals surface area contributed by atoms with Crippen LogP contribution < -0.4 is 0 Å². The third kappa shape index (κ3) is 15.2. The van der Waals surface area contributed by atoms with Gasteiger partial charge in [0.25, 0.3) is 0 Å². The van der Waals surface area contributed by atoms with Crippen LogP contribution in [-0.4, -0.2) is 0 Å². The minimum atomic E-state index is 1.05. The first-order valence-electron chi connectivity index (χ1n) is 7.66. The van der Waals surface area contributed by atoms with Crippen molar-refractivity contribution in [3.05, 3.63) is 43.4 Å². The van der Waals surface area contributed by atoms with Crippen molar-refractivity contribution in [2.45, 2.75) is 71.1 Å². The summed E-state index contributed by atoms with van der Waals surface area (Å²) in [5.41, 5.74) is 0. The lowest BCUT2D eigenvalue weighted by atomic mass is 10.2. The molecule has 0 unspecified atom stereocenters. The van der Waals surface area contributed by atoms with Crippen LogP contribution in [0.2, 0.25) is 0 Å². The summed E-state index contributed by atoms with van der Waals surface area (Å²) in [4.78, 5) is 0. The Kier molecular flexibility index (Phi) is 15.5. The van der Waals surface area contributed by atoms with Crippen molar-refractivity contribution in [1.29, 1.82) is 0 Å². The molecule has 0 aliphatic rings. The molecule has 0 aromatic rings. The van der Waals surface area contributed by atoms with Crippen LogP contribution in [0.25, 0.3) is 0 Å². The van der Waals surface area contributed by atoms with Crippen LogP contribution in [-0.2, 0) is 0 Å². The van der Waals surface area contributed by atoms with Gasteiger partial charge >= 0.3 is 0 Å². The molecule has 0 amide bonds. The number of hydrogen-bond donors (Lipinski definition) is 0. The fourth-order valence-corrected chi connectivity index (χ4v) is 1.71. The standard InChI is InChI=1S/C18H31/c1-3-5-7-9-11-13-15-17-18-16-14-12-10-8-6-4-2/h9,11-12,14,17-18H,1,3-8,10,13,15-16H2,2H3/b11-9+,14-12-,18-17-. The first kappa shape index (κ1) is 17.2. The van der Waals surface area contributed by atoms with Gasteiger partial charge in [-0.15, -0.1) is 0 Å². The summed E-state index contributed by atoms with van der Waals surface area (Å²) in [5, 5.41) is 0. The van der Waals surface area contributed by atoms with Gasteiger partial charge in [0.05, 0.1) is 0 Å². The smallest absolute Gasteiger partial charge is 0.0169 e. The Labute approximate surface area is 115 Å². The zero-order valence-corrected chi connectivity index (χ0v) is 12.2. The van der Waals surface area contributed by atoms with Crippen LogP contribution in [0.1, 0.15) is 71.1 Å². The summed E-state index contributed by atoms with van der Waals surface area (Å²) in [6, 6.07) is 0. The first-order chi connectivity index (χ1) is 8.91. The Hall–Kier alpha value is -0.780. The fourth-order valence-electron chi connectivity index (χ4n) is 1.71. The van der Waals surface area contributed by atoms with Crippen molar-refractivity contribution in [2.75, 3.05) is 0 Å². The molecule has 0 rings (SSSR count). The summed E-state index contributed by atoms with van der Waals surface area (Å²) in [5.74, 6) is 0. The molecule has 0 fully saturated rings. The second-order valence-electron chi connectivity index (χ2n) is 4.72. The topological polar surface area (TPSA) is 0 Å². The van der Waals surface area contributed by atoms with E-state index in [-0.39, 0.29) is 0 Å². The predicted molar refractivity (Wildman–Crippen MR) is 84.6 cm³/mol. The molecule has 0 aromatic heterocycles. The van der Waals surface area contributed by atoms with E-state index in [1.54, 1.807) is 0 Å². The van der Waals surface area contributed by atoms with Crippen LogP contribution >= 0.6 is 0 Å². The molecule has 103 valence electrons. The van der Waals surface area contributed by atoms with Crippen LogP contribution in [0.5, 0.6) is 0 Å². The van der Waals surface area contributed by atoms with Gasteiger partial charge in [-0.05, 0) is 44.9 Å². The van der Waals surface area contributed by atoms with Gasteiger partial charge in [0.2, 0.25) is 0 Å². The monoisotopic (exact) mass is 247 g/mol. The summed E-state index contributed by atoms with van der Waals surface area (Å²) < 4.78 is 0. The number of unbranched alkanes of at least 4 members (excludes halogenated alkanes) is 6. The molecule has 0 aliphatic carbocycles. The van der Waals surface area contributed by atoms with Gasteiger partial charge in [-0.25, -0.2) is 0 Å². The van der Waals surface area contributed by atoms with Crippen LogP contribution in [0.15, 0.2) is 36.5 Å². The molecule has 0 spiro atoms. The minimum Gasteiger partial charge on any atom is -0.0885 e. The van der Waals surface area contributed by atoms with E-state index < -0.39 is 0 Å². The molecular formula is C18H31. The normalized spacial score (nSPS) is 12.3. The Morgan fingerprint density at radius 1 is 0.667 bits per heavy atom. The first-order valence-corrected chi connectivity index (χ1v) is 7.66. The van der Waals surface area contributed by atoms with Gasteiger partial charge in [0.15, 0.2) is 0 Å². The molecule has 0 N–H and O–H groups in total. The van der Waals surface area contributed by atoms with Crippen molar-refractivity contribution in [3.8, 4) is 0 Å². The molecule has 18 heavy (non-hydrogen) atoms. The van der Waals surface area contributed by atoms with E-state index in [2.05, 4.69) is 50.3 Å². The number of allylic oxidation sites excluding steroid dienone is 6. The zero-order valence-electron chi connectivity index (χ0n) is 12.2. The van der Waals surface area contributed by atoms with Gasteiger partial charge in [0.1, 0.15) is 0 Å². The quantitative estimate of drug-likeness (QED) is 0.276. The van der Waals surface area contributed by atoms with E-state index in [0.29, 0.717) is 0 Å². The fraction of sp³-hybridized carbons (Fsp3) is 0.611. The molecule has 0 nitrogen and oxygen atoms in total. The Balaban J connectivity index is 3.25. The number of hydrogen-bond acceptors (Lipinski definition) is 0. The maximum Gasteiger partial charge on any atom is -0.0169 e. The molecule has 0 aromatic carbocycles. The average Bonchev–Trinajstić information content (AvgIpc) is 2.39. The minimum absolute atomic E-state index is 1.05. The summed E-state index contributed by atoms with van der Waals surface area (Å²) in [6.45, 7) is 6.08. The van der Waals surface area contributed by atoms with Gasteiger partial charge in [-0.1, -0.05) is 69.6 Å². The van der Waals surface area contributed by atoms with Gasteiger partial charge in [-0.2, -0.15) is 0 Å². The van der Waals surface area contributed by atoms with E-state index in [0.717, 1.165) is 12.8 Å². The lowest BCUT2D eigenvalue weighted by Gasteiger charge is -1.91. The predicted octanol–water partition coefficient (Wildman–Crippen LogP) is 6.41. The zero-order chi connectivity index (χ0) is 13.3. The van der Waals surface area contributed by atoms with E-state index >= 15 is 0 Å². The highest BCUT2D eigenvalue weighted by Gasteiger charge is 1.81. The third-order valence-corrected chi connectivity index (χ3v) is 2.87. The van der Waals surface area contributed by atoms with Crippen LogP contribution in [0, 0.1) is 6.92 Å². The maximum absolute atomic E-state index is 3.83. The molecule has 0 saturated heterocycles. The van der Waals surface area contributed by atoms with Gasteiger partial charge in [0, 0.05) is 0 Å². The van der Waals surface area contributed by atoms with E-state index in [9.17, 15) is 0 Å². The molecule has 0 atom stereocenters. The summed E-state index contributed by atoms with van der Waals surface area (Å²) in [6.07, 6.45) is 25.9. The van der Waals surface area contributed by atoms with Gasteiger partial charge in [-0.3, -0.25) is 0 Å². The molecule has 0 heterocycles. The van der Waals surface area contributed by atoms with Gasteiger partial charge < -0.3 is 0 Å². The van der Waals surface area contributed by atoms with Crippen molar-refractivity contribution in [1.82, 2.24) is 0 Å². The average molecular weight is 247 g/mol. The van der Waals surface area contributed by atoms with Crippen molar-refractivity contribution in [2.24, 2.45) is 0 Å². The summed E-state index contributed by atoms with van der Waals surface area (Å²) >= 11 is 0. The molecule has 0 bridgehead atoms. The molecule has 1 radical (unpaired) electrons. The second-order valence-corrected chi connectivity index (χ2v) is 4.72. The lowest BCUT2D eigenvalue weighted by Crippen LogP contribution is -1.71. The highest BCUT2D eigenvalue weighted by atomic mass is 13.9. The highest BCUT2D eigenvalue weighted by molar-refractivity contribution is 4.94. The lowest BCUT2D eigenvalue weighted by molar-refractivity contribution is 0.728. The Morgan fingerprint density at radius 2 is 1.22 bits per heavy atom. The Morgan fingerprint density at radius 3 is 1.89 bits per heavy atom. The Bertz CT molecular complexity index is 220. The van der Waals surface area contributed by atoms with Crippen LogP contribution in [0.4, 0.5) is 0 Å². The third-order valence-electron chi connectivity index (χ3n) is 2.87. The second kappa shape index (κ2) is 16.2. The molecule has 0 aliphatic heterocycles. The van der Waals surface area contributed by atoms with E-state index in [1.807, 2.05) is 0 Å². The largest absolute Gasteiger partial charge is 0.0885 e. The molecule has 0 saturated carbocycles. The summed E-state index contributed by atoms with van der Waals surface area (Å²) in [7, 11) is 0. The van der Waals surface area contributed by atoms with Crippen molar-refractivity contribution < 1.29 is 0 Å². The van der Waals surface area contributed by atoms with Crippen LogP contribution in [0.3, 0.4) is 0 Å². The molecular weight excluding hydrogens is 216 g/mol. The SMILES string of the molecule is [CH2]CCC/C=C/CC/C=C\C/C=C\CCCCC. The van der Waals surface area contributed by atoms with Crippen molar-refractivity contribution in [3.63, 3.8) is 0 Å². The van der Waals surface area contributed by atoms with E-state index in [4.69, 9.17) is 0 Å². The highest BCUT2D eigenvalue weighted by Crippen LogP contribution is 2.01. The van der Waals surface area contributed by atoms with E-state index in [1.165, 1.54) is 51.4 Å². The maximum atomic E-state index is 3.83. The molecule has 0 heteroatoms. The number of rotatable bonds is 12. The van der Waals surface area contributed by atoms with Crippen molar-refractivity contribution >= 4 is 0 Å².